The number of nitrogens with one attached hydrogen (secondary N) is 1. The Morgan fingerprint density at radius 1 is 1.10 bits per heavy atom. The number of halogens is 3. The van der Waals surface area contributed by atoms with Crippen molar-refractivity contribution in [3.05, 3.63) is 67.9 Å². The number of nitro groups is 1. The third kappa shape index (κ3) is 5.24. The molecule has 11 heteroatoms. The minimum absolute atomic E-state index is 0.0564. The van der Waals surface area contributed by atoms with Gasteiger partial charge in [0.25, 0.3) is 11.6 Å². The van der Waals surface area contributed by atoms with Crippen molar-refractivity contribution in [1.29, 1.82) is 0 Å². The molecule has 0 aliphatic carbocycles. The number of hydrogen-bond donors (Lipinski definition) is 1. The molecular formula is C19H17Cl2FN4O4. The van der Waals surface area contributed by atoms with Crippen LogP contribution < -0.4 is 5.32 Å². The predicted octanol–water partition coefficient (Wildman–Crippen LogP) is 3.44. The molecular weight excluding hydrogens is 438 g/mol. The van der Waals surface area contributed by atoms with Crippen LogP contribution in [0.1, 0.15) is 10.4 Å². The molecule has 158 valence electrons. The molecule has 1 saturated heterocycles. The first-order valence-corrected chi connectivity index (χ1v) is 9.70. The molecule has 1 aliphatic rings. The summed E-state index contributed by atoms with van der Waals surface area (Å²) in [4.78, 5) is 38.3. The van der Waals surface area contributed by atoms with Gasteiger partial charge in [0.1, 0.15) is 5.82 Å². The molecule has 0 spiro atoms. The summed E-state index contributed by atoms with van der Waals surface area (Å²) < 4.78 is 13.9. The summed E-state index contributed by atoms with van der Waals surface area (Å²) in [5.74, 6) is -1.42. The average molecular weight is 455 g/mol. The summed E-state index contributed by atoms with van der Waals surface area (Å²) >= 11 is 11.8. The van der Waals surface area contributed by atoms with Crippen molar-refractivity contribution < 1.29 is 18.9 Å². The van der Waals surface area contributed by atoms with E-state index in [0.29, 0.717) is 26.2 Å². The summed E-state index contributed by atoms with van der Waals surface area (Å²) in [7, 11) is 0. The van der Waals surface area contributed by atoms with Crippen LogP contribution in [0.2, 0.25) is 10.0 Å². The SMILES string of the molecule is O=C(CN1CCN(C(=O)c2cc(Cl)ccc2F)CC1)Nc1ccc([N+](=O)[O-])cc1Cl. The lowest BCUT2D eigenvalue weighted by Gasteiger charge is -2.34. The molecule has 2 aromatic carbocycles. The number of non-ortho nitro benzene ring substituents is 1. The number of nitro benzene ring substituents is 1. The van der Waals surface area contributed by atoms with Gasteiger partial charge >= 0.3 is 0 Å². The number of benzene rings is 2. The van der Waals surface area contributed by atoms with Crippen LogP contribution in [-0.2, 0) is 4.79 Å². The minimum Gasteiger partial charge on any atom is -0.336 e. The van der Waals surface area contributed by atoms with Crippen molar-refractivity contribution in [3.8, 4) is 0 Å². The van der Waals surface area contributed by atoms with E-state index in [1.165, 1.54) is 29.2 Å². The van der Waals surface area contributed by atoms with E-state index in [0.717, 1.165) is 12.1 Å². The van der Waals surface area contributed by atoms with E-state index in [-0.39, 0.29) is 39.4 Å². The van der Waals surface area contributed by atoms with Gasteiger partial charge in [0.15, 0.2) is 0 Å². The van der Waals surface area contributed by atoms with Gasteiger partial charge in [0.2, 0.25) is 5.91 Å². The second-order valence-electron chi connectivity index (χ2n) is 6.66. The fraction of sp³-hybridized carbons (Fsp3) is 0.263. The molecule has 0 radical (unpaired) electrons. The van der Waals surface area contributed by atoms with Crippen LogP contribution in [0, 0.1) is 15.9 Å². The fourth-order valence-corrected chi connectivity index (χ4v) is 3.45. The van der Waals surface area contributed by atoms with Gasteiger partial charge in [-0.1, -0.05) is 23.2 Å². The first-order valence-electron chi connectivity index (χ1n) is 8.95. The molecule has 1 heterocycles. The Morgan fingerprint density at radius 3 is 2.43 bits per heavy atom. The monoisotopic (exact) mass is 454 g/mol. The molecule has 0 unspecified atom stereocenters. The molecule has 0 bridgehead atoms. The van der Waals surface area contributed by atoms with Crippen molar-refractivity contribution >= 4 is 46.4 Å². The quantitative estimate of drug-likeness (QED) is 0.551. The average Bonchev–Trinajstić information content (AvgIpc) is 2.71. The molecule has 3 rings (SSSR count). The summed E-state index contributed by atoms with van der Waals surface area (Å²) in [5, 5.41) is 13.7. The van der Waals surface area contributed by atoms with Gasteiger partial charge in [0, 0.05) is 43.3 Å². The van der Waals surface area contributed by atoms with Crippen LogP contribution in [0.5, 0.6) is 0 Å². The van der Waals surface area contributed by atoms with Gasteiger partial charge < -0.3 is 10.2 Å². The maximum atomic E-state index is 13.9. The van der Waals surface area contributed by atoms with Gasteiger partial charge in [0.05, 0.1) is 27.7 Å². The molecule has 2 aromatic rings. The zero-order valence-corrected chi connectivity index (χ0v) is 17.1. The lowest BCUT2D eigenvalue weighted by Crippen LogP contribution is -2.50. The smallest absolute Gasteiger partial charge is 0.271 e. The summed E-state index contributed by atoms with van der Waals surface area (Å²) in [6.45, 7) is 1.57. The minimum atomic E-state index is -0.633. The molecule has 0 aromatic heterocycles. The van der Waals surface area contributed by atoms with Crippen LogP contribution >= 0.6 is 23.2 Å². The molecule has 1 fully saturated rings. The van der Waals surface area contributed by atoms with Crippen molar-refractivity contribution in [2.75, 3.05) is 38.0 Å². The maximum absolute atomic E-state index is 13.9. The van der Waals surface area contributed by atoms with Gasteiger partial charge in [-0.25, -0.2) is 4.39 Å². The summed E-state index contributed by atoms with van der Waals surface area (Å²) in [5.41, 5.74) is 0.0222. The molecule has 0 saturated carbocycles. The lowest BCUT2D eigenvalue weighted by molar-refractivity contribution is -0.384. The Hall–Kier alpha value is -2.75. The molecule has 0 atom stereocenters. The van der Waals surface area contributed by atoms with Gasteiger partial charge in [-0.3, -0.25) is 24.6 Å². The molecule has 1 N–H and O–H groups in total. The molecule has 30 heavy (non-hydrogen) atoms. The normalized spacial score (nSPS) is 14.4. The number of amides is 2. The third-order valence-corrected chi connectivity index (χ3v) is 5.17. The van der Waals surface area contributed by atoms with Crippen LogP contribution in [0.15, 0.2) is 36.4 Å². The second kappa shape index (κ2) is 9.38. The Morgan fingerprint density at radius 2 is 1.80 bits per heavy atom. The van der Waals surface area contributed by atoms with Gasteiger partial charge in [-0.2, -0.15) is 0 Å². The Balaban J connectivity index is 1.53. The van der Waals surface area contributed by atoms with Crippen LogP contribution in [-0.4, -0.2) is 59.3 Å². The van der Waals surface area contributed by atoms with E-state index in [4.69, 9.17) is 23.2 Å². The van der Waals surface area contributed by atoms with E-state index < -0.39 is 16.6 Å². The van der Waals surface area contributed by atoms with Crippen molar-refractivity contribution in [2.24, 2.45) is 0 Å². The third-order valence-electron chi connectivity index (χ3n) is 4.62. The van der Waals surface area contributed by atoms with E-state index in [1.807, 2.05) is 4.90 Å². The van der Waals surface area contributed by atoms with Crippen LogP contribution in [0.25, 0.3) is 0 Å². The second-order valence-corrected chi connectivity index (χ2v) is 7.51. The van der Waals surface area contributed by atoms with Crippen molar-refractivity contribution in [3.63, 3.8) is 0 Å². The van der Waals surface area contributed by atoms with E-state index in [2.05, 4.69) is 5.32 Å². The van der Waals surface area contributed by atoms with Gasteiger partial charge in [-0.15, -0.1) is 0 Å². The number of hydrogen-bond acceptors (Lipinski definition) is 5. The van der Waals surface area contributed by atoms with E-state index >= 15 is 0 Å². The van der Waals surface area contributed by atoms with Crippen molar-refractivity contribution in [1.82, 2.24) is 9.80 Å². The van der Waals surface area contributed by atoms with E-state index in [1.54, 1.807) is 0 Å². The van der Waals surface area contributed by atoms with Crippen LogP contribution in [0.3, 0.4) is 0 Å². The highest BCUT2D eigenvalue weighted by Gasteiger charge is 2.25. The standard InChI is InChI=1S/C19H17Cl2FN4O4/c20-12-1-3-16(22)14(9-12)19(28)25-7-5-24(6-8-25)11-18(27)23-17-4-2-13(26(29)30)10-15(17)21/h1-4,9-10H,5-8,11H2,(H,23,27). The number of carbonyl (C=O) groups is 2. The number of nitrogens with zero attached hydrogens (tertiary/aromatic N) is 3. The van der Waals surface area contributed by atoms with Crippen molar-refractivity contribution in [2.45, 2.75) is 0 Å². The number of rotatable bonds is 5. The first-order chi connectivity index (χ1) is 14.2. The highest BCUT2D eigenvalue weighted by Crippen LogP contribution is 2.26. The zero-order valence-electron chi connectivity index (χ0n) is 15.6. The first kappa shape index (κ1) is 21.9. The topological polar surface area (TPSA) is 95.8 Å². The zero-order chi connectivity index (χ0) is 21.8. The maximum Gasteiger partial charge on any atom is 0.271 e. The molecule has 1 aliphatic heterocycles. The lowest BCUT2D eigenvalue weighted by atomic mass is 10.1. The Bertz CT molecular complexity index is 996. The van der Waals surface area contributed by atoms with E-state index in [9.17, 15) is 24.1 Å². The highest BCUT2D eigenvalue weighted by molar-refractivity contribution is 6.34. The van der Waals surface area contributed by atoms with Crippen LogP contribution in [0.4, 0.5) is 15.8 Å². The Kier molecular flexibility index (Phi) is 6.86. The fourth-order valence-electron chi connectivity index (χ4n) is 3.05. The number of piperazine rings is 1. The highest BCUT2D eigenvalue weighted by atomic mass is 35.5. The summed E-state index contributed by atoms with van der Waals surface area (Å²) in [6.07, 6.45) is 0. The molecule has 8 nitrogen and oxygen atoms in total. The van der Waals surface area contributed by atoms with Gasteiger partial charge in [-0.05, 0) is 24.3 Å². The predicted molar refractivity (Wildman–Crippen MR) is 110 cm³/mol. The Labute approximate surface area is 181 Å². The largest absolute Gasteiger partial charge is 0.336 e. The molecule has 2 amide bonds. The summed E-state index contributed by atoms with van der Waals surface area (Å²) in [6, 6.07) is 7.61. The number of carbonyl (C=O) groups excluding carboxylic acids is 2. The number of anilines is 1.